The summed E-state index contributed by atoms with van der Waals surface area (Å²) in [6.07, 6.45) is 5.84. The van der Waals surface area contributed by atoms with E-state index in [4.69, 9.17) is 0 Å². The van der Waals surface area contributed by atoms with Crippen molar-refractivity contribution in [1.82, 2.24) is 0 Å². The molecule has 0 aromatic rings. The summed E-state index contributed by atoms with van der Waals surface area (Å²) in [7, 11) is 0. The van der Waals surface area contributed by atoms with E-state index in [0.717, 1.165) is 31.1 Å². The third-order valence-corrected chi connectivity index (χ3v) is 2.69. The zero-order chi connectivity index (χ0) is 9.19. The smallest absolute Gasteiger partial charge is 0.0622 e. The lowest BCUT2D eigenvalue weighted by Gasteiger charge is -2.23. The van der Waals surface area contributed by atoms with E-state index < -0.39 is 0 Å². The highest BCUT2D eigenvalue weighted by Crippen LogP contribution is 2.38. The molecule has 0 bridgehead atoms. The molecule has 0 saturated heterocycles. The minimum absolute atomic E-state index is 0.383. The first kappa shape index (κ1) is 10.0. The molecule has 0 aromatic heterocycles. The van der Waals surface area contributed by atoms with Gasteiger partial charge in [0.1, 0.15) is 0 Å². The van der Waals surface area contributed by atoms with Crippen LogP contribution in [0.5, 0.6) is 0 Å². The van der Waals surface area contributed by atoms with Crippen LogP contribution in [0.2, 0.25) is 0 Å². The minimum Gasteiger partial charge on any atom is -0.390 e. The van der Waals surface area contributed by atoms with E-state index in [-0.39, 0.29) is 5.60 Å². The molecule has 12 heavy (non-hydrogen) atoms. The maximum absolute atomic E-state index is 9.97. The van der Waals surface area contributed by atoms with Gasteiger partial charge < -0.3 is 5.11 Å². The van der Waals surface area contributed by atoms with E-state index in [0.29, 0.717) is 0 Å². The summed E-state index contributed by atoms with van der Waals surface area (Å²) in [5, 5.41) is 9.97. The average Bonchev–Trinajstić information content (AvgIpc) is 2.67. The first-order chi connectivity index (χ1) is 5.49. The van der Waals surface area contributed by atoms with Crippen molar-refractivity contribution in [1.29, 1.82) is 0 Å². The molecule has 0 spiro atoms. The van der Waals surface area contributed by atoms with Crippen molar-refractivity contribution in [2.45, 2.75) is 58.5 Å². The Balaban J connectivity index is 2.16. The molecule has 1 aliphatic carbocycles. The van der Waals surface area contributed by atoms with Gasteiger partial charge in [0, 0.05) is 0 Å². The van der Waals surface area contributed by atoms with Crippen molar-refractivity contribution in [3.63, 3.8) is 0 Å². The molecule has 0 aliphatic heterocycles. The van der Waals surface area contributed by atoms with Crippen LogP contribution < -0.4 is 0 Å². The van der Waals surface area contributed by atoms with Gasteiger partial charge >= 0.3 is 0 Å². The van der Waals surface area contributed by atoms with Crippen LogP contribution in [0, 0.1) is 11.8 Å². The maximum atomic E-state index is 9.97. The molecule has 1 atom stereocenters. The Labute approximate surface area is 76.2 Å². The van der Waals surface area contributed by atoms with Crippen LogP contribution >= 0.6 is 0 Å². The molecule has 1 heteroatoms. The zero-order valence-electron chi connectivity index (χ0n) is 8.64. The summed E-state index contributed by atoms with van der Waals surface area (Å²) < 4.78 is 0. The van der Waals surface area contributed by atoms with E-state index in [2.05, 4.69) is 13.8 Å². The first-order valence-corrected chi connectivity index (χ1v) is 5.22. The van der Waals surface area contributed by atoms with E-state index in [1.807, 2.05) is 6.92 Å². The van der Waals surface area contributed by atoms with Gasteiger partial charge in [0.25, 0.3) is 0 Å². The molecule has 0 amide bonds. The van der Waals surface area contributed by atoms with Crippen molar-refractivity contribution < 1.29 is 5.11 Å². The van der Waals surface area contributed by atoms with Gasteiger partial charge in [-0.2, -0.15) is 0 Å². The quantitative estimate of drug-likeness (QED) is 0.672. The average molecular weight is 170 g/mol. The van der Waals surface area contributed by atoms with Gasteiger partial charge in [-0.3, -0.25) is 0 Å². The zero-order valence-corrected chi connectivity index (χ0v) is 8.64. The molecular weight excluding hydrogens is 148 g/mol. The topological polar surface area (TPSA) is 20.2 Å². The summed E-state index contributed by atoms with van der Waals surface area (Å²) >= 11 is 0. The Bertz CT molecular complexity index is 134. The fraction of sp³-hybridized carbons (Fsp3) is 1.00. The number of hydrogen-bond acceptors (Lipinski definition) is 1. The lowest BCUT2D eigenvalue weighted by molar-refractivity contribution is 0.0312. The van der Waals surface area contributed by atoms with Gasteiger partial charge in [0.05, 0.1) is 5.60 Å². The number of hydrogen-bond donors (Lipinski definition) is 1. The summed E-state index contributed by atoms with van der Waals surface area (Å²) in [4.78, 5) is 0. The highest BCUT2D eigenvalue weighted by Gasteiger charge is 2.31. The van der Waals surface area contributed by atoms with Crippen molar-refractivity contribution in [3.8, 4) is 0 Å². The van der Waals surface area contributed by atoms with Gasteiger partial charge in [-0.15, -0.1) is 0 Å². The second-order valence-electron chi connectivity index (χ2n) is 5.08. The predicted octanol–water partition coefficient (Wildman–Crippen LogP) is 2.97. The first-order valence-electron chi connectivity index (χ1n) is 5.22. The van der Waals surface area contributed by atoms with Gasteiger partial charge in [0.2, 0.25) is 0 Å². The van der Waals surface area contributed by atoms with E-state index in [9.17, 15) is 5.11 Å². The van der Waals surface area contributed by atoms with Gasteiger partial charge in [-0.05, 0) is 38.0 Å². The SMILES string of the molecule is CC(C)CCC(C)(O)CC1CC1. The molecule has 1 rings (SSSR count). The summed E-state index contributed by atoms with van der Waals surface area (Å²) in [5.41, 5.74) is -0.383. The molecule has 72 valence electrons. The molecule has 0 radical (unpaired) electrons. The predicted molar refractivity (Wildman–Crippen MR) is 52.0 cm³/mol. The minimum atomic E-state index is -0.383. The second-order valence-corrected chi connectivity index (χ2v) is 5.08. The van der Waals surface area contributed by atoms with E-state index in [1.165, 1.54) is 12.8 Å². The molecule has 0 heterocycles. The standard InChI is InChI=1S/C11H22O/c1-9(2)6-7-11(3,12)8-10-4-5-10/h9-10,12H,4-8H2,1-3H3. The highest BCUT2D eigenvalue weighted by molar-refractivity contribution is 4.83. The molecular formula is C11H22O. The molecule has 1 saturated carbocycles. The fourth-order valence-electron chi connectivity index (χ4n) is 1.65. The monoisotopic (exact) mass is 170 g/mol. The number of rotatable bonds is 5. The molecule has 1 unspecified atom stereocenters. The number of aliphatic hydroxyl groups is 1. The second kappa shape index (κ2) is 3.78. The van der Waals surface area contributed by atoms with Gasteiger partial charge in [0.15, 0.2) is 0 Å². The summed E-state index contributed by atoms with van der Waals surface area (Å²) in [6.45, 7) is 6.42. The van der Waals surface area contributed by atoms with Crippen LogP contribution in [-0.2, 0) is 0 Å². The lowest BCUT2D eigenvalue weighted by Crippen LogP contribution is -2.25. The fourth-order valence-corrected chi connectivity index (χ4v) is 1.65. The Kier molecular flexibility index (Phi) is 3.16. The van der Waals surface area contributed by atoms with E-state index >= 15 is 0 Å². The third kappa shape index (κ3) is 4.10. The largest absolute Gasteiger partial charge is 0.390 e. The molecule has 0 aromatic carbocycles. The molecule has 1 fully saturated rings. The molecule has 1 nitrogen and oxygen atoms in total. The summed E-state index contributed by atoms with van der Waals surface area (Å²) in [6, 6.07) is 0. The third-order valence-electron chi connectivity index (χ3n) is 2.69. The van der Waals surface area contributed by atoms with Crippen LogP contribution in [0.15, 0.2) is 0 Å². The van der Waals surface area contributed by atoms with Crippen molar-refractivity contribution >= 4 is 0 Å². The van der Waals surface area contributed by atoms with Gasteiger partial charge in [-0.1, -0.05) is 26.7 Å². The molecule has 1 N–H and O–H groups in total. The highest BCUT2D eigenvalue weighted by atomic mass is 16.3. The lowest BCUT2D eigenvalue weighted by atomic mass is 9.90. The Morgan fingerprint density at radius 2 is 2.00 bits per heavy atom. The van der Waals surface area contributed by atoms with Crippen LogP contribution in [-0.4, -0.2) is 10.7 Å². The van der Waals surface area contributed by atoms with Crippen LogP contribution in [0.3, 0.4) is 0 Å². The Hall–Kier alpha value is -0.0400. The van der Waals surface area contributed by atoms with Crippen molar-refractivity contribution in [2.75, 3.05) is 0 Å². The molecule has 1 aliphatic rings. The Morgan fingerprint density at radius 1 is 1.42 bits per heavy atom. The van der Waals surface area contributed by atoms with Crippen molar-refractivity contribution in [3.05, 3.63) is 0 Å². The maximum Gasteiger partial charge on any atom is 0.0622 e. The van der Waals surface area contributed by atoms with Gasteiger partial charge in [-0.25, -0.2) is 0 Å². The van der Waals surface area contributed by atoms with Crippen LogP contribution in [0.25, 0.3) is 0 Å². The normalized spacial score (nSPS) is 22.8. The Morgan fingerprint density at radius 3 is 2.42 bits per heavy atom. The van der Waals surface area contributed by atoms with Crippen molar-refractivity contribution in [2.24, 2.45) is 11.8 Å². The van der Waals surface area contributed by atoms with Crippen LogP contribution in [0.4, 0.5) is 0 Å². The summed E-state index contributed by atoms with van der Waals surface area (Å²) in [5.74, 6) is 1.56. The van der Waals surface area contributed by atoms with E-state index in [1.54, 1.807) is 0 Å². The van der Waals surface area contributed by atoms with Crippen LogP contribution in [0.1, 0.15) is 52.9 Å².